The Labute approximate surface area is 147 Å². The van der Waals surface area contributed by atoms with Crippen molar-refractivity contribution in [3.05, 3.63) is 41.0 Å². The Kier molecular flexibility index (Phi) is 5.27. The molecule has 0 bridgehead atoms. The average molecular weight is 360 g/mol. The highest BCUT2D eigenvalue weighted by molar-refractivity contribution is 7.99. The molecule has 0 radical (unpaired) electrons. The van der Waals surface area contributed by atoms with Gasteiger partial charge in [0, 0.05) is 17.9 Å². The number of rotatable bonds is 6. The first kappa shape index (κ1) is 16.7. The van der Waals surface area contributed by atoms with Crippen molar-refractivity contribution in [2.75, 3.05) is 11.1 Å². The Hall–Kier alpha value is -2.19. The number of carbonyl (C=O) groups excluding carboxylic acids is 1. The Balaban J connectivity index is 1.51. The third-order valence-electron chi connectivity index (χ3n) is 3.12. The molecule has 1 N–H and O–H groups in total. The Morgan fingerprint density at radius 1 is 1.25 bits per heavy atom. The molecule has 0 fully saturated rings. The normalized spacial score (nSPS) is 10.8. The van der Waals surface area contributed by atoms with E-state index in [4.69, 9.17) is 4.42 Å². The van der Waals surface area contributed by atoms with Crippen LogP contribution in [0.2, 0.25) is 0 Å². The van der Waals surface area contributed by atoms with Gasteiger partial charge in [-0.1, -0.05) is 30.0 Å². The lowest BCUT2D eigenvalue weighted by Gasteiger charge is -2.03. The van der Waals surface area contributed by atoms with Crippen molar-refractivity contribution in [3.63, 3.8) is 0 Å². The smallest absolute Gasteiger partial charge is 0.276 e. The molecule has 3 rings (SSSR count). The van der Waals surface area contributed by atoms with Gasteiger partial charge in [0.2, 0.25) is 5.91 Å². The number of aryl methyl sites for hydroxylation is 2. The summed E-state index contributed by atoms with van der Waals surface area (Å²) < 4.78 is 5.64. The van der Waals surface area contributed by atoms with Crippen LogP contribution >= 0.6 is 23.1 Å². The van der Waals surface area contributed by atoms with Gasteiger partial charge < -0.3 is 9.73 Å². The maximum Gasteiger partial charge on any atom is 0.276 e. The van der Waals surface area contributed by atoms with Crippen LogP contribution in [0.5, 0.6) is 0 Å². The first-order chi connectivity index (χ1) is 11.6. The number of hydrogen-bond donors (Lipinski definition) is 1. The van der Waals surface area contributed by atoms with Crippen molar-refractivity contribution in [1.29, 1.82) is 0 Å². The number of nitrogens with one attached hydrogen (secondary N) is 1. The van der Waals surface area contributed by atoms with Crippen LogP contribution in [-0.2, 0) is 4.79 Å². The zero-order valence-electron chi connectivity index (χ0n) is 13.3. The van der Waals surface area contributed by atoms with Crippen LogP contribution in [0.25, 0.3) is 10.8 Å². The van der Waals surface area contributed by atoms with Gasteiger partial charge in [0.25, 0.3) is 11.1 Å². The third-order valence-corrected chi connectivity index (χ3v) is 5.00. The molecular formula is C16H16N4O2S2. The number of para-hydroxylation sites is 1. The first-order valence-electron chi connectivity index (χ1n) is 7.37. The highest BCUT2D eigenvalue weighted by Gasteiger charge is 2.15. The van der Waals surface area contributed by atoms with Gasteiger partial charge in [-0.15, -0.1) is 21.5 Å². The maximum atomic E-state index is 11.9. The SMILES string of the molecule is Cc1nc(C)c(-c2nnc(SCCC(=O)Nc3ccccc3)o2)s1. The lowest BCUT2D eigenvalue weighted by atomic mass is 10.3. The molecule has 0 spiro atoms. The summed E-state index contributed by atoms with van der Waals surface area (Å²) in [6.07, 6.45) is 0.371. The van der Waals surface area contributed by atoms with Crippen LogP contribution in [0.4, 0.5) is 5.69 Å². The summed E-state index contributed by atoms with van der Waals surface area (Å²) in [4.78, 5) is 17.1. The first-order valence-corrected chi connectivity index (χ1v) is 9.17. The third kappa shape index (κ3) is 4.21. The molecule has 0 saturated carbocycles. The largest absolute Gasteiger partial charge is 0.410 e. The molecule has 0 atom stereocenters. The predicted molar refractivity (Wildman–Crippen MR) is 95.3 cm³/mol. The average Bonchev–Trinajstić information content (AvgIpc) is 3.14. The minimum absolute atomic E-state index is 0.0395. The highest BCUT2D eigenvalue weighted by Crippen LogP contribution is 2.30. The fourth-order valence-electron chi connectivity index (χ4n) is 2.07. The fraction of sp³-hybridized carbons (Fsp3) is 0.250. The van der Waals surface area contributed by atoms with Crippen LogP contribution in [-0.4, -0.2) is 26.8 Å². The number of carbonyl (C=O) groups is 1. The standard InChI is InChI=1S/C16H16N4O2S2/c1-10-14(24-11(2)17-10)15-19-20-16(22-15)23-9-8-13(21)18-12-6-4-3-5-7-12/h3-7H,8-9H2,1-2H3,(H,18,21). The lowest BCUT2D eigenvalue weighted by Crippen LogP contribution is -2.11. The topological polar surface area (TPSA) is 80.9 Å². The van der Waals surface area contributed by atoms with E-state index in [9.17, 15) is 4.79 Å². The van der Waals surface area contributed by atoms with Crippen molar-refractivity contribution in [3.8, 4) is 10.8 Å². The number of amides is 1. The van der Waals surface area contributed by atoms with Crippen LogP contribution in [0.15, 0.2) is 40.0 Å². The summed E-state index contributed by atoms with van der Waals surface area (Å²) in [5.74, 6) is 1.01. The van der Waals surface area contributed by atoms with E-state index in [2.05, 4.69) is 20.5 Å². The predicted octanol–water partition coefficient (Wildman–Crippen LogP) is 3.93. The van der Waals surface area contributed by atoms with Crippen molar-refractivity contribution in [1.82, 2.24) is 15.2 Å². The molecular weight excluding hydrogens is 344 g/mol. The Morgan fingerprint density at radius 3 is 2.75 bits per heavy atom. The molecule has 2 aromatic heterocycles. The van der Waals surface area contributed by atoms with Crippen molar-refractivity contribution < 1.29 is 9.21 Å². The lowest BCUT2D eigenvalue weighted by molar-refractivity contribution is -0.115. The molecule has 0 aliphatic heterocycles. The number of thiazole rings is 1. The van der Waals surface area contributed by atoms with Crippen LogP contribution in [0.1, 0.15) is 17.1 Å². The van der Waals surface area contributed by atoms with E-state index in [1.807, 2.05) is 44.2 Å². The van der Waals surface area contributed by atoms with Crippen LogP contribution < -0.4 is 5.32 Å². The zero-order valence-corrected chi connectivity index (χ0v) is 14.9. The molecule has 2 heterocycles. The number of nitrogens with zero attached hydrogens (tertiary/aromatic N) is 3. The van der Waals surface area contributed by atoms with Crippen molar-refractivity contribution >= 4 is 34.7 Å². The van der Waals surface area contributed by atoms with Gasteiger partial charge in [0.05, 0.1) is 10.7 Å². The molecule has 0 saturated heterocycles. The zero-order chi connectivity index (χ0) is 16.9. The van der Waals surface area contributed by atoms with Gasteiger partial charge in [-0.05, 0) is 26.0 Å². The quantitative estimate of drug-likeness (QED) is 0.671. The van der Waals surface area contributed by atoms with Gasteiger partial charge in [-0.2, -0.15) is 0 Å². The van der Waals surface area contributed by atoms with Gasteiger partial charge in [0.15, 0.2) is 0 Å². The van der Waals surface area contributed by atoms with Gasteiger partial charge in [0.1, 0.15) is 4.88 Å². The van der Waals surface area contributed by atoms with E-state index in [0.29, 0.717) is 23.3 Å². The van der Waals surface area contributed by atoms with Crippen molar-refractivity contribution in [2.45, 2.75) is 25.5 Å². The maximum absolute atomic E-state index is 11.9. The summed E-state index contributed by atoms with van der Waals surface area (Å²) in [5, 5.41) is 12.3. The highest BCUT2D eigenvalue weighted by atomic mass is 32.2. The number of anilines is 1. The molecule has 3 aromatic rings. The second kappa shape index (κ2) is 7.59. The summed E-state index contributed by atoms with van der Waals surface area (Å²) >= 11 is 2.90. The summed E-state index contributed by atoms with van der Waals surface area (Å²) in [5.41, 5.74) is 1.68. The Bertz CT molecular complexity index is 830. The van der Waals surface area contributed by atoms with E-state index >= 15 is 0 Å². The summed E-state index contributed by atoms with van der Waals surface area (Å²) in [6, 6.07) is 9.38. The van der Waals surface area contributed by atoms with E-state index in [-0.39, 0.29) is 5.91 Å². The fourth-order valence-corrected chi connectivity index (χ4v) is 3.61. The van der Waals surface area contributed by atoms with Crippen LogP contribution in [0.3, 0.4) is 0 Å². The molecule has 6 nitrogen and oxygen atoms in total. The number of benzene rings is 1. The monoisotopic (exact) mass is 360 g/mol. The molecule has 1 aromatic carbocycles. The minimum atomic E-state index is -0.0395. The Morgan fingerprint density at radius 2 is 2.04 bits per heavy atom. The molecule has 0 unspecified atom stereocenters. The van der Waals surface area contributed by atoms with Gasteiger partial charge >= 0.3 is 0 Å². The second-order valence-corrected chi connectivity index (χ2v) is 7.28. The molecule has 24 heavy (non-hydrogen) atoms. The summed E-state index contributed by atoms with van der Waals surface area (Å²) in [7, 11) is 0. The van der Waals surface area contributed by atoms with E-state index < -0.39 is 0 Å². The molecule has 0 aliphatic carbocycles. The molecule has 8 heteroatoms. The van der Waals surface area contributed by atoms with Gasteiger partial charge in [-0.3, -0.25) is 4.79 Å². The number of hydrogen-bond acceptors (Lipinski definition) is 7. The molecule has 1 amide bonds. The van der Waals surface area contributed by atoms with E-state index in [1.165, 1.54) is 23.1 Å². The van der Waals surface area contributed by atoms with Crippen molar-refractivity contribution in [2.24, 2.45) is 0 Å². The molecule has 124 valence electrons. The minimum Gasteiger partial charge on any atom is -0.410 e. The molecule has 0 aliphatic rings. The number of thioether (sulfide) groups is 1. The van der Waals surface area contributed by atoms with E-state index in [0.717, 1.165) is 21.3 Å². The van der Waals surface area contributed by atoms with Crippen LogP contribution in [0, 0.1) is 13.8 Å². The van der Waals surface area contributed by atoms with Gasteiger partial charge in [-0.25, -0.2) is 4.98 Å². The number of aromatic nitrogens is 3. The second-order valence-electron chi connectivity index (χ2n) is 5.03. The summed E-state index contributed by atoms with van der Waals surface area (Å²) in [6.45, 7) is 3.86. The van der Waals surface area contributed by atoms with E-state index in [1.54, 1.807) is 0 Å².